The van der Waals surface area contributed by atoms with E-state index in [-0.39, 0.29) is 0 Å². The second-order valence-electron chi connectivity index (χ2n) is 17.8. The van der Waals surface area contributed by atoms with E-state index in [0.717, 1.165) is 37.6 Å². The fraction of sp³-hybridized carbons (Fsp3) is 0.345. The van der Waals surface area contributed by atoms with Gasteiger partial charge in [-0.1, -0.05) is 162 Å². The van der Waals surface area contributed by atoms with E-state index in [1.165, 1.54) is 141 Å². The summed E-state index contributed by atoms with van der Waals surface area (Å²) in [5, 5.41) is 4.60. The van der Waals surface area contributed by atoms with Crippen molar-refractivity contribution in [1.82, 2.24) is 0 Å². The number of benzene rings is 5. The lowest BCUT2D eigenvalue weighted by Crippen LogP contribution is -2.29. The van der Waals surface area contributed by atoms with Crippen LogP contribution in [0.2, 0.25) is 0 Å². The van der Waals surface area contributed by atoms with Gasteiger partial charge in [0.15, 0.2) is 0 Å². The number of unbranched alkanes of at least 4 members (excludes halogenated alkanes) is 10. The number of ether oxygens (including phenoxy) is 2. The molecule has 0 aliphatic heterocycles. The van der Waals surface area contributed by atoms with Gasteiger partial charge < -0.3 is 9.47 Å². The molecule has 2 nitrogen and oxygen atoms in total. The monoisotopic (exact) mass is 854 g/mol. The van der Waals surface area contributed by atoms with Gasteiger partial charge in [0.2, 0.25) is 0 Å². The number of fused-ring (bicyclic) bond motifs is 6. The van der Waals surface area contributed by atoms with Crippen LogP contribution >= 0.6 is 22.7 Å². The van der Waals surface area contributed by atoms with Crippen molar-refractivity contribution in [2.45, 2.75) is 116 Å². The summed E-state index contributed by atoms with van der Waals surface area (Å²) < 4.78 is 12.7. The normalized spacial score (nSPS) is 17.1. The summed E-state index contributed by atoms with van der Waals surface area (Å²) in [4.78, 5) is 2.72. The Balaban J connectivity index is 1.14. The van der Waals surface area contributed by atoms with Gasteiger partial charge in [0.05, 0.1) is 24.0 Å². The Hall–Kier alpha value is -4.90. The molecular formula is C58H62O2S2. The largest absolute Gasteiger partial charge is 0.494 e. The zero-order chi connectivity index (χ0) is 42.5. The van der Waals surface area contributed by atoms with E-state index in [1.807, 2.05) is 22.7 Å². The second-order valence-corrected chi connectivity index (χ2v) is 19.6. The molecule has 0 saturated carbocycles. The minimum atomic E-state index is -0.479. The van der Waals surface area contributed by atoms with Crippen LogP contribution in [-0.4, -0.2) is 13.2 Å². The standard InChI is InChI=1S/C58H62O2S2/c1-5-7-9-11-13-15-35-59-47-29-25-45(26-30-47)57(43-21-17-41(3)18-22-43)51-33-37-61-55(51)49-40-54-50(39-53(49)57)56-52(34-38-62-56)58(54,44-23-19-42(4)20-24-44)46-27-31-48(32-28-46)60-36-16-14-12-10-8-6-2/h17-34,37-40H,5-16,35-36H2,1-4H3. The van der Waals surface area contributed by atoms with Crippen LogP contribution in [-0.2, 0) is 10.8 Å². The molecule has 0 N–H and O–H groups in total. The van der Waals surface area contributed by atoms with Gasteiger partial charge in [-0.15, -0.1) is 22.7 Å². The number of hydrogen-bond donors (Lipinski definition) is 0. The molecule has 0 saturated heterocycles. The summed E-state index contributed by atoms with van der Waals surface area (Å²) >= 11 is 3.75. The van der Waals surface area contributed by atoms with E-state index < -0.39 is 10.8 Å². The molecule has 9 rings (SSSR count). The Bertz CT molecular complexity index is 2380. The summed E-state index contributed by atoms with van der Waals surface area (Å²) in [7, 11) is 0. The maximum absolute atomic E-state index is 6.36. The van der Waals surface area contributed by atoms with E-state index in [1.54, 1.807) is 0 Å². The summed E-state index contributed by atoms with van der Waals surface area (Å²) in [6, 6.07) is 46.7. The van der Waals surface area contributed by atoms with Crippen LogP contribution in [0, 0.1) is 13.8 Å². The van der Waals surface area contributed by atoms with Crippen LogP contribution in [0.5, 0.6) is 11.5 Å². The van der Waals surface area contributed by atoms with Gasteiger partial charge in [-0.2, -0.15) is 0 Å². The van der Waals surface area contributed by atoms with E-state index in [4.69, 9.17) is 9.47 Å². The molecule has 2 aromatic heterocycles. The Kier molecular flexibility index (Phi) is 12.9. The predicted octanol–water partition coefficient (Wildman–Crippen LogP) is 16.6. The predicted molar refractivity (Wildman–Crippen MR) is 264 cm³/mol. The average Bonchev–Trinajstić information content (AvgIpc) is 4.09. The first-order valence-electron chi connectivity index (χ1n) is 23.5. The fourth-order valence-corrected chi connectivity index (χ4v) is 12.4. The third-order valence-corrected chi connectivity index (χ3v) is 15.6. The summed E-state index contributed by atoms with van der Waals surface area (Å²) in [5.41, 5.74) is 14.9. The third kappa shape index (κ3) is 7.66. The molecule has 2 atom stereocenters. The molecular weight excluding hydrogens is 793 g/mol. The van der Waals surface area contributed by atoms with Gasteiger partial charge in [-0.3, -0.25) is 0 Å². The van der Waals surface area contributed by atoms with Crippen LogP contribution in [0.4, 0.5) is 0 Å². The quantitative estimate of drug-likeness (QED) is 0.0711. The SMILES string of the molecule is CCCCCCCCOc1ccc(C2(c3ccc(C)cc3)c3cc4c(cc3-c3sccc32)C(c2ccc(C)cc2)(c2ccc(OCCCCCCCC)cc2)c2ccsc2-4)cc1. The topological polar surface area (TPSA) is 18.5 Å². The van der Waals surface area contributed by atoms with Crippen LogP contribution in [0.3, 0.4) is 0 Å². The summed E-state index contributed by atoms with van der Waals surface area (Å²) in [6.45, 7) is 10.5. The van der Waals surface area contributed by atoms with Gasteiger partial charge in [0.1, 0.15) is 11.5 Å². The third-order valence-electron chi connectivity index (χ3n) is 13.7. The van der Waals surface area contributed by atoms with Crippen molar-refractivity contribution in [3.63, 3.8) is 0 Å². The van der Waals surface area contributed by atoms with Crippen molar-refractivity contribution in [3.05, 3.63) is 188 Å². The highest BCUT2D eigenvalue weighted by Crippen LogP contribution is 2.64. The van der Waals surface area contributed by atoms with Gasteiger partial charge in [-0.25, -0.2) is 0 Å². The Morgan fingerprint density at radius 2 is 0.726 bits per heavy atom. The molecule has 0 radical (unpaired) electrons. The number of hydrogen-bond acceptors (Lipinski definition) is 4. The zero-order valence-electron chi connectivity index (χ0n) is 37.2. The van der Waals surface area contributed by atoms with Crippen molar-refractivity contribution in [1.29, 1.82) is 0 Å². The van der Waals surface area contributed by atoms with Crippen LogP contribution < -0.4 is 9.47 Å². The lowest BCUT2D eigenvalue weighted by atomic mass is 9.66. The maximum atomic E-state index is 6.36. The van der Waals surface area contributed by atoms with Crippen molar-refractivity contribution >= 4 is 22.7 Å². The minimum absolute atomic E-state index is 0.479. The molecule has 0 amide bonds. The Labute approximate surface area is 379 Å². The van der Waals surface area contributed by atoms with Gasteiger partial charge in [0.25, 0.3) is 0 Å². The van der Waals surface area contributed by atoms with Gasteiger partial charge >= 0.3 is 0 Å². The number of thiophene rings is 2. The first-order chi connectivity index (χ1) is 30.5. The average molecular weight is 855 g/mol. The molecule has 4 heteroatoms. The molecule has 5 aromatic carbocycles. The maximum Gasteiger partial charge on any atom is 0.119 e. The van der Waals surface area contributed by atoms with Gasteiger partial charge in [0, 0.05) is 9.75 Å². The van der Waals surface area contributed by atoms with Crippen molar-refractivity contribution in [2.75, 3.05) is 13.2 Å². The molecule has 62 heavy (non-hydrogen) atoms. The van der Waals surface area contributed by atoms with Crippen molar-refractivity contribution in [3.8, 4) is 32.4 Å². The lowest BCUT2D eigenvalue weighted by molar-refractivity contribution is 0.304. The molecule has 2 heterocycles. The smallest absolute Gasteiger partial charge is 0.119 e. The Morgan fingerprint density at radius 1 is 0.387 bits per heavy atom. The number of rotatable bonds is 20. The van der Waals surface area contributed by atoms with Crippen molar-refractivity contribution in [2.24, 2.45) is 0 Å². The fourth-order valence-electron chi connectivity index (χ4n) is 10.4. The lowest BCUT2D eigenvalue weighted by Gasteiger charge is -2.35. The molecule has 2 aliphatic carbocycles. The molecule has 2 aliphatic rings. The minimum Gasteiger partial charge on any atom is -0.494 e. The molecule has 7 aromatic rings. The highest BCUT2D eigenvalue weighted by atomic mass is 32.1. The summed E-state index contributed by atoms with van der Waals surface area (Å²) in [5.74, 6) is 1.90. The first kappa shape index (κ1) is 42.4. The van der Waals surface area contributed by atoms with Crippen molar-refractivity contribution < 1.29 is 9.47 Å². The molecule has 0 fully saturated rings. The van der Waals surface area contributed by atoms with E-state index in [2.05, 4.69) is 160 Å². The molecule has 2 unspecified atom stereocenters. The zero-order valence-corrected chi connectivity index (χ0v) is 38.9. The highest BCUT2D eigenvalue weighted by molar-refractivity contribution is 7.14. The second kappa shape index (κ2) is 18.8. The Morgan fingerprint density at radius 3 is 1.10 bits per heavy atom. The van der Waals surface area contributed by atoms with Crippen LogP contribution in [0.25, 0.3) is 20.9 Å². The first-order valence-corrected chi connectivity index (χ1v) is 25.2. The van der Waals surface area contributed by atoms with Gasteiger partial charge in [-0.05, 0) is 142 Å². The van der Waals surface area contributed by atoms with Crippen LogP contribution in [0.15, 0.2) is 132 Å². The molecule has 0 spiro atoms. The highest BCUT2D eigenvalue weighted by Gasteiger charge is 2.52. The summed E-state index contributed by atoms with van der Waals surface area (Å²) in [6.07, 6.45) is 15.1. The molecule has 318 valence electrons. The van der Waals surface area contributed by atoms with Crippen LogP contribution in [0.1, 0.15) is 147 Å². The van der Waals surface area contributed by atoms with E-state index in [0.29, 0.717) is 0 Å². The van der Waals surface area contributed by atoms with E-state index in [9.17, 15) is 0 Å². The number of aryl methyl sites for hydroxylation is 2. The van der Waals surface area contributed by atoms with E-state index >= 15 is 0 Å². The molecule has 0 bridgehead atoms.